The molecule has 8 nitrogen and oxygen atoms in total. The summed E-state index contributed by atoms with van der Waals surface area (Å²) in [6.07, 6.45) is 1.69. The SMILES string of the molecule is Cc1ccc(Cl)cc1NC(=O)CCCC(=O)NCCCNc1n[nH]c(=O)c2ccccc12. The molecule has 0 radical (unpaired) electrons. The summed E-state index contributed by atoms with van der Waals surface area (Å²) in [6.45, 7) is 2.98. The average molecular weight is 456 g/mol. The summed E-state index contributed by atoms with van der Waals surface area (Å²) in [5.74, 6) is 0.366. The maximum Gasteiger partial charge on any atom is 0.272 e. The summed E-state index contributed by atoms with van der Waals surface area (Å²) < 4.78 is 0. The highest BCUT2D eigenvalue weighted by Crippen LogP contribution is 2.20. The summed E-state index contributed by atoms with van der Waals surface area (Å²) in [5.41, 5.74) is 1.39. The highest BCUT2D eigenvalue weighted by atomic mass is 35.5. The number of rotatable bonds is 10. The van der Waals surface area contributed by atoms with E-state index in [0.717, 1.165) is 10.9 Å². The number of aryl methyl sites for hydroxylation is 1. The standard InChI is InChI=1S/C23H26ClN5O3/c1-15-10-11-16(24)14-19(15)27-21(31)9-4-8-20(30)25-12-5-13-26-22-17-6-2-3-7-18(17)23(32)29-28-22/h2-3,6-7,10-11,14H,4-5,8-9,12-13H2,1H3,(H,25,30)(H,26,28)(H,27,31)(H,29,32). The average Bonchev–Trinajstić information content (AvgIpc) is 2.77. The summed E-state index contributed by atoms with van der Waals surface area (Å²) in [7, 11) is 0. The number of fused-ring (bicyclic) bond motifs is 1. The Kier molecular flexibility index (Phi) is 8.21. The molecule has 2 amide bonds. The molecule has 0 spiro atoms. The van der Waals surface area contributed by atoms with Crippen molar-refractivity contribution in [2.75, 3.05) is 23.7 Å². The normalized spacial score (nSPS) is 10.7. The molecule has 168 valence electrons. The molecule has 1 heterocycles. The van der Waals surface area contributed by atoms with E-state index in [1.807, 2.05) is 25.1 Å². The zero-order valence-electron chi connectivity index (χ0n) is 17.8. The van der Waals surface area contributed by atoms with Gasteiger partial charge in [-0.1, -0.05) is 35.9 Å². The second-order valence-electron chi connectivity index (χ2n) is 7.44. The van der Waals surface area contributed by atoms with Gasteiger partial charge in [0, 0.05) is 42.0 Å². The maximum absolute atomic E-state index is 12.1. The fourth-order valence-corrected chi connectivity index (χ4v) is 3.38. The molecule has 9 heteroatoms. The third-order valence-corrected chi connectivity index (χ3v) is 5.18. The summed E-state index contributed by atoms with van der Waals surface area (Å²) in [5, 5.41) is 17.3. The molecular weight excluding hydrogens is 430 g/mol. The first-order chi connectivity index (χ1) is 15.4. The van der Waals surface area contributed by atoms with Gasteiger partial charge >= 0.3 is 0 Å². The van der Waals surface area contributed by atoms with E-state index in [1.165, 1.54) is 0 Å². The van der Waals surface area contributed by atoms with Crippen LogP contribution < -0.4 is 21.5 Å². The van der Waals surface area contributed by atoms with Gasteiger partial charge in [0.05, 0.1) is 5.39 Å². The monoisotopic (exact) mass is 455 g/mol. The third-order valence-electron chi connectivity index (χ3n) is 4.95. The summed E-state index contributed by atoms with van der Waals surface area (Å²) in [4.78, 5) is 35.9. The molecule has 32 heavy (non-hydrogen) atoms. The van der Waals surface area contributed by atoms with Gasteiger partial charge in [0.2, 0.25) is 11.8 Å². The van der Waals surface area contributed by atoms with Crippen LogP contribution in [0.4, 0.5) is 11.5 Å². The van der Waals surface area contributed by atoms with Crippen molar-refractivity contribution in [3.8, 4) is 0 Å². The minimum Gasteiger partial charge on any atom is -0.368 e. The predicted octanol–water partition coefficient (Wildman–Crippen LogP) is 3.61. The Balaban J connectivity index is 1.32. The first-order valence-corrected chi connectivity index (χ1v) is 10.9. The first-order valence-electron chi connectivity index (χ1n) is 10.5. The van der Waals surface area contributed by atoms with Gasteiger partial charge in [0.1, 0.15) is 0 Å². The Bertz CT molecular complexity index is 1160. The van der Waals surface area contributed by atoms with Crippen molar-refractivity contribution in [1.82, 2.24) is 15.5 Å². The van der Waals surface area contributed by atoms with E-state index in [0.29, 0.717) is 47.8 Å². The van der Waals surface area contributed by atoms with Crippen LogP contribution in [0.1, 0.15) is 31.2 Å². The van der Waals surface area contributed by atoms with Crippen LogP contribution in [0, 0.1) is 6.92 Å². The quantitative estimate of drug-likeness (QED) is 0.348. The highest BCUT2D eigenvalue weighted by molar-refractivity contribution is 6.31. The van der Waals surface area contributed by atoms with E-state index < -0.39 is 0 Å². The van der Waals surface area contributed by atoms with Crippen LogP contribution in [-0.4, -0.2) is 35.1 Å². The van der Waals surface area contributed by atoms with Crippen molar-refractivity contribution in [1.29, 1.82) is 0 Å². The van der Waals surface area contributed by atoms with Crippen molar-refractivity contribution in [2.24, 2.45) is 0 Å². The van der Waals surface area contributed by atoms with E-state index in [2.05, 4.69) is 26.1 Å². The van der Waals surface area contributed by atoms with Crippen LogP contribution in [0.5, 0.6) is 0 Å². The van der Waals surface area contributed by atoms with Gasteiger partial charge in [0.25, 0.3) is 5.56 Å². The number of carbonyl (C=O) groups excluding carboxylic acids is 2. The molecule has 0 aliphatic heterocycles. The van der Waals surface area contributed by atoms with Crippen molar-refractivity contribution >= 4 is 45.7 Å². The largest absolute Gasteiger partial charge is 0.368 e. The lowest BCUT2D eigenvalue weighted by molar-refractivity contribution is -0.121. The van der Waals surface area contributed by atoms with Crippen molar-refractivity contribution < 1.29 is 9.59 Å². The van der Waals surface area contributed by atoms with Gasteiger partial charge in [-0.05, 0) is 43.5 Å². The van der Waals surface area contributed by atoms with Gasteiger partial charge in [0.15, 0.2) is 5.82 Å². The lowest BCUT2D eigenvalue weighted by Gasteiger charge is -2.10. The maximum atomic E-state index is 12.1. The lowest BCUT2D eigenvalue weighted by atomic mass is 10.2. The minimum atomic E-state index is -0.227. The Morgan fingerprint density at radius 2 is 1.75 bits per heavy atom. The molecule has 0 saturated carbocycles. The summed E-state index contributed by atoms with van der Waals surface area (Å²) >= 11 is 5.96. The zero-order chi connectivity index (χ0) is 22.9. The first kappa shape index (κ1) is 23.3. The molecule has 0 aliphatic carbocycles. The number of halogens is 1. The Morgan fingerprint density at radius 3 is 2.56 bits per heavy atom. The van der Waals surface area contributed by atoms with E-state index in [-0.39, 0.29) is 30.2 Å². The number of nitrogens with one attached hydrogen (secondary N) is 4. The van der Waals surface area contributed by atoms with Crippen LogP contribution >= 0.6 is 11.6 Å². The second-order valence-corrected chi connectivity index (χ2v) is 7.87. The van der Waals surface area contributed by atoms with Crippen LogP contribution in [0.25, 0.3) is 10.8 Å². The van der Waals surface area contributed by atoms with Gasteiger partial charge < -0.3 is 16.0 Å². The molecule has 0 atom stereocenters. The molecule has 2 aromatic carbocycles. The van der Waals surface area contributed by atoms with Gasteiger partial charge in [-0.25, -0.2) is 5.10 Å². The fraction of sp³-hybridized carbons (Fsp3) is 0.304. The smallest absolute Gasteiger partial charge is 0.272 e. The number of amides is 2. The van der Waals surface area contributed by atoms with E-state index in [4.69, 9.17) is 11.6 Å². The Morgan fingerprint density at radius 1 is 1.00 bits per heavy atom. The number of hydrogen-bond acceptors (Lipinski definition) is 5. The minimum absolute atomic E-state index is 0.0932. The Labute approximate surface area is 190 Å². The van der Waals surface area contributed by atoms with E-state index in [9.17, 15) is 14.4 Å². The molecule has 4 N–H and O–H groups in total. The van der Waals surface area contributed by atoms with E-state index >= 15 is 0 Å². The zero-order valence-corrected chi connectivity index (χ0v) is 18.6. The highest BCUT2D eigenvalue weighted by Gasteiger charge is 2.08. The lowest BCUT2D eigenvalue weighted by Crippen LogP contribution is -2.26. The van der Waals surface area contributed by atoms with Crippen molar-refractivity contribution in [3.63, 3.8) is 0 Å². The number of aromatic nitrogens is 2. The van der Waals surface area contributed by atoms with Gasteiger partial charge in [-0.15, -0.1) is 0 Å². The number of carbonyl (C=O) groups is 2. The van der Waals surface area contributed by atoms with Gasteiger partial charge in [-0.2, -0.15) is 5.10 Å². The molecule has 0 bridgehead atoms. The predicted molar refractivity (Wildman–Crippen MR) is 127 cm³/mol. The molecule has 0 unspecified atom stereocenters. The topological polar surface area (TPSA) is 116 Å². The number of H-pyrrole nitrogens is 1. The van der Waals surface area contributed by atoms with Crippen molar-refractivity contribution in [2.45, 2.75) is 32.6 Å². The molecular formula is C23H26ClN5O3. The molecule has 0 fully saturated rings. The van der Waals surface area contributed by atoms with Crippen LogP contribution in [0.2, 0.25) is 5.02 Å². The molecule has 0 aliphatic rings. The number of nitrogens with zero attached hydrogens (tertiary/aromatic N) is 1. The van der Waals surface area contributed by atoms with Crippen LogP contribution in [0.15, 0.2) is 47.3 Å². The number of benzene rings is 2. The van der Waals surface area contributed by atoms with Crippen LogP contribution in [-0.2, 0) is 9.59 Å². The molecule has 3 aromatic rings. The molecule has 0 saturated heterocycles. The summed E-state index contributed by atoms with van der Waals surface area (Å²) in [6, 6.07) is 12.6. The third kappa shape index (κ3) is 6.55. The second kappa shape index (κ2) is 11.3. The Hall–Kier alpha value is -3.39. The van der Waals surface area contributed by atoms with E-state index in [1.54, 1.807) is 24.3 Å². The fourth-order valence-electron chi connectivity index (χ4n) is 3.21. The molecule has 1 aromatic heterocycles. The molecule has 3 rings (SSSR count). The number of aromatic amines is 1. The van der Waals surface area contributed by atoms with Crippen molar-refractivity contribution in [3.05, 3.63) is 63.4 Å². The van der Waals surface area contributed by atoms with Gasteiger partial charge in [-0.3, -0.25) is 14.4 Å². The van der Waals surface area contributed by atoms with Crippen LogP contribution in [0.3, 0.4) is 0 Å². The number of hydrogen-bond donors (Lipinski definition) is 4. The number of anilines is 2.